The van der Waals surface area contributed by atoms with Crippen LogP contribution in [0, 0.1) is 16.7 Å². The number of carbonyl (C=O) groups excluding carboxylic acids is 2. The largest absolute Gasteiger partial charge is 0.465 e. The van der Waals surface area contributed by atoms with Crippen molar-refractivity contribution in [2.24, 2.45) is 16.7 Å². The molecule has 0 aliphatic heterocycles. The van der Waals surface area contributed by atoms with Gasteiger partial charge in [-0.2, -0.15) is 0 Å². The Morgan fingerprint density at radius 3 is 2.71 bits per heavy atom. The molecule has 2 saturated carbocycles. The summed E-state index contributed by atoms with van der Waals surface area (Å²) in [5.41, 5.74) is 0.489. The number of H-pyrrole nitrogens is 1. The van der Waals surface area contributed by atoms with Gasteiger partial charge in [0.1, 0.15) is 11.8 Å². The number of esters is 1. The lowest BCUT2D eigenvalue weighted by Gasteiger charge is -2.36. The van der Waals surface area contributed by atoms with Gasteiger partial charge in [0.05, 0.1) is 12.4 Å². The molecule has 0 saturated heterocycles. The smallest absolute Gasteiger partial charge is 0.324 e. The number of carbonyl (C=O) groups is 2. The van der Waals surface area contributed by atoms with E-state index in [2.05, 4.69) is 9.71 Å². The first-order valence-corrected chi connectivity index (χ1v) is 12.5. The Labute approximate surface area is 183 Å². The molecule has 1 heterocycles. The lowest BCUT2D eigenvalue weighted by Crippen LogP contribution is -2.50. The van der Waals surface area contributed by atoms with Gasteiger partial charge < -0.3 is 9.72 Å². The van der Waals surface area contributed by atoms with Crippen molar-refractivity contribution in [1.29, 1.82) is 0 Å². The molecule has 2 N–H and O–H groups in total. The second-order valence-corrected chi connectivity index (χ2v) is 11.2. The van der Waals surface area contributed by atoms with Crippen LogP contribution < -0.4 is 4.72 Å². The number of rotatable bonds is 8. The van der Waals surface area contributed by atoms with E-state index in [1.54, 1.807) is 13.1 Å². The molecule has 2 fully saturated rings. The number of hydrogen-bond acceptors (Lipinski definition) is 5. The molecular formula is C23H30N2O5S. The van der Waals surface area contributed by atoms with Crippen LogP contribution in [0.25, 0.3) is 10.9 Å². The second-order valence-electron chi connectivity index (χ2n) is 9.41. The summed E-state index contributed by atoms with van der Waals surface area (Å²) in [6.45, 7) is 5.84. The maximum absolute atomic E-state index is 13.2. The summed E-state index contributed by atoms with van der Waals surface area (Å²) in [4.78, 5) is 28.6. The quantitative estimate of drug-likeness (QED) is 0.607. The van der Waals surface area contributed by atoms with E-state index in [4.69, 9.17) is 4.74 Å². The van der Waals surface area contributed by atoms with E-state index in [9.17, 15) is 18.0 Å². The van der Waals surface area contributed by atoms with E-state index in [0.717, 1.165) is 22.9 Å². The number of para-hydroxylation sites is 1. The molecule has 2 aliphatic rings. The van der Waals surface area contributed by atoms with Crippen LogP contribution >= 0.6 is 0 Å². The Morgan fingerprint density at radius 1 is 1.32 bits per heavy atom. The zero-order chi connectivity index (χ0) is 22.4. The normalized spacial score (nSPS) is 25.8. The molecule has 8 heteroatoms. The van der Waals surface area contributed by atoms with Crippen LogP contribution in [-0.2, 0) is 30.8 Å². The van der Waals surface area contributed by atoms with E-state index < -0.39 is 27.4 Å². The number of fused-ring (bicyclic) bond motifs is 3. The number of ketones is 1. The first kappa shape index (κ1) is 22.0. The minimum Gasteiger partial charge on any atom is -0.465 e. The Balaban J connectivity index is 1.59. The van der Waals surface area contributed by atoms with Crippen molar-refractivity contribution in [1.82, 2.24) is 9.71 Å². The first-order chi connectivity index (χ1) is 14.6. The van der Waals surface area contributed by atoms with Gasteiger partial charge in [0, 0.05) is 35.4 Å². The Morgan fingerprint density at radius 2 is 2.06 bits per heavy atom. The van der Waals surface area contributed by atoms with Gasteiger partial charge in [0.25, 0.3) is 0 Å². The van der Waals surface area contributed by atoms with Crippen LogP contribution in [-0.4, -0.2) is 43.6 Å². The molecule has 168 valence electrons. The predicted octanol–water partition coefficient (Wildman–Crippen LogP) is 2.96. The number of aromatic nitrogens is 1. The maximum Gasteiger partial charge on any atom is 0.324 e. The summed E-state index contributed by atoms with van der Waals surface area (Å²) in [7, 11) is -3.91. The molecule has 0 radical (unpaired) electrons. The van der Waals surface area contributed by atoms with Crippen LogP contribution in [0.5, 0.6) is 0 Å². The van der Waals surface area contributed by atoms with Gasteiger partial charge in [-0.15, -0.1) is 0 Å². The predicted molar refractivity (Wildman–Crippen MR) is 118 cm³/mol. The SMILES string of the molecule is CCOC(=O)[C@H](Cc1c[nH]c2ccccc12)NS(=O)(=O)C[C@]12CC[C@H](CC1=O)C2(C)C. The molecule has 0 unspecified atom stereocenters. The van der Waals surface area contributed by atoms with Gasteiger partial charge in [-0.25, -0.2) is 13.1 Å². The third-order valence-electron chi connectivity index (χ3n) is 7.57. The van der Waals surface area contributed by atoms with Crippen LogP contribution in [0.15, 0.2) is 30.5 Å². The maximum atomic E-state index is 13.2. The molecule has 1 aromatic heterocycles. The molecular weight excluding hydrogens is 416 g/mol. The highest BCUT2D eigenvalue weighted by atomic mass is 32.2. The lowest BCUT2D eigenvalue weighted by atomic mass is 9.70. The topological polar surface area (TPSA) is 105 Å². The third-order valence-corrected chi connectivity index (χ3v) is 9.08. The first-order valence-electron chi connectivity index (χ1n) is 10.8. The molecule has 31 heavy (non-hydrogen) atoms. The monoisotopic (exact) mass is 446 g/mol. The minimum atomic E-state index is -3.91. The Kier molecular flexibility index (Phi) is 5.50. The standard InChI is InChI=1S/C23H30N2O5S/c1-4-30-21(27)19(11-15-13-24-18-8-6-5-7-17(15)18)25-31(28,29)14-23-10-9-16(12-20(23)26)22(23,2)3/h5-8,13,16,19,24-25H,4,9-12,14H2,1-3H3/t16-,19+,23-/m1/s1. The Bertz CT molecular complexity index is 1120. The van der Waals surface area contributed by atoms with Crippen molar-refractivity contribution in [3.8, 4) is 0 Å². The van der Waals surface area contributed by atoms with E-state index in [0.29, 0.717) is 12.8 Å². The summed E-state index contributed by atoms with van der Waals surface area (Å²) in [5, 5.41) is 0.931. The van der Waals surface area contributed by atoms with E-state index in [1.165, 1.54) is 0 Å². The average Bonchev–Trinajstić information content (AvgIpc) is 3.27. The van der Waals surface area contributed by atoms with E-state index in [-0.39, 0.29) is 35.9 Å². The molecule has 2 bridgehead atoms. The van der Waals surface area contributed by atoms with Crippen LogP contribution in [0.1, 0.15) is 45.6 Å². The molecule has 0 spiro atoms. The van der Waals surface area contributed by atoms with Gasteiger partial charge in [0.2, 0.25) is 10.0 Å². The molecule has 2 aromatic rings. The Hall–Kier alpha value is -2.19. The number of benzene rings is 1. The molecule has 1 aromatic carbocycles. The molecule has 7 nitrogen and oxygen atoms in total. The van der Waals surface area contributed by atoms with Crippen molar-refractivity contribution in [2.45, 2.75) is 52.5 Å². The fourth-order valence-electron chi connectivity index (χ4n) is 5.63. The summed E-state index contributed by atoms with van der Waals surface area (Å²) < 4.78 is 34.2. The summed E-state index contributed by atoms with van der Waals surface area (Å²) >= 11 is 0. The second kappa shape index (κ2) is 7.74. The molecule has 3 atom stereocenters. The van der Waals surface area contributed by atoms with Crippen molar-refractivity contribution >= 4 is 32.7 Å². The van der Waals surface area contributed by atoms with E-state index in [1.807, 2.05) is 38.1 Å². The fourth-order valence-corrected chi connectivity index (χ4v) is 7.65. The highest BCUT2D eigenvalue weighted by molar-refractivity contribution is 7.89. The van der Waals surface area contributed by atoms with Gasteiger partial charge in [-0.05, 0) is 42.7 Å². The van der Waals surface area contributed by atoms with E-state index >= 15 is 0 Å². The zero-order valence-electron chi connectivity index (χ0n) is 18.2. The van der Waals surface area contributed by atoms with Crippen LogP contribution in [0.2, 0.25) is 0 Å². The molecule has 0 amide bonds. The van der Waals surface area contributed by atoms with Crippen molar-refractivity contribution in [3.63, 3.8) is 0 Å². The number of hydrogen-bond donors (Lipinski definition) is 2. The van der Waals surface area contributed by atoms with Gasteiger partial charge >= 0.3 is 5.97 Å². The fraction of sp³-hybridized carbons (Fsp3) is 0.565. The van der Waals surface area contributed by atoms with Crippen LogP contribution in [0.3, 0.4) is 0 Å². The molecule has 4 rings (SSSR count). The van der Waals surface area contributed by atoms with Crippen molar-refractivity contribution < 1.29 is 22.7 Å². The zero-order valence-corrected chi connectivity index (χ0v) is 19.1. The summed E-state index contributed by atoms with van der Waals surface area (Å²) in [6, 6.07) is 6.59. The van der Waals surface area contributed by atoms with Crippen molar-refractivity contribution in [2.75, 3.05) is 12.4 Å². The summed E-state index contributed by atoms with van der Waals surface area (Å²) in [6.07, 6.45) is 3.84. The number of aromatic amines is 1. The third kappa shape index (κ3) is 3.69. The van der Waals surface area contributed by atoms with Gasteiger partial charge in [0.15, 0.2) is 0 Å². The average molecular weight is 447 g/mol. The molecule has 2 aliphatic carbocycles. The number of nitrogens with one attached hydrogen (secondary N) is 2. The van der Waals surface area contributed by atoms with Gasteiger partial charge in [-0.1, -0.05) is 32.0 Å². The van der Waals surface area contributed by atoms with Crippen molar-refractivity contribution in [3.05, 3.63) is 36.0 Å². The highest BCUT2D eigenvalue weighted by Gasteiger charge is 2.65. The van der Waals surface area contributed by atoms with Crippen LogP contribution in [0.4, 0.5) is 0 Å². The number of sulfonamides is 1. The van der Waals surface area contributed by atoms with Gasteiger partial charge in [-0.3, -0.25) is 9.59 Å². The number of Topliss-reactive ketones (excluding diaryl/α,β-unsaturated/α-hetero) is 1. The lowest BCUT2D eigenvalue weighted by molar-refractivity contribution is -0.145. The summed E-state index contributed by atoms with van der Waals surface area (Å²) in [5.74, 6) is -0.646. The highest BCUT2D eigenvalue weighted by Crippen LogP contribution is 2.64. The number of ether oxygens (including phenoxy) is 1. The minimum absolute atomic E-state index is 0.0310.